The molecule has 0 saturated carbocycles. The molecule has 0 bridgehead atoms. The maximum Gasteiger partial charge on any atom is 0.252 e. The smallest absolute Gasteiger partial charge is 0.252 e. The molecule has 2 amide bonds. The maximum absolute atomic E-state index is 13.0. The van der Waals surface area contributed by atoms with Crippen molar-refractivity contribution in [2.24, 2.45) is 0 Å². The van der Waals surface area contributed by atoms with Gasteiger partial charge in [-0.25, -0.2) is 0 Å². The summed E-state index contributed by atoms with van der Waals surface area (Å²) in [6, 6.07) is 4.85. The molecular formula is C22H26N2O7. The van der Waals surface area contributed by atoms with Crippen molar-refractivity contribution in [3.8, 4) is 39.9 Å². The Labute approximate surface area is 180 Å². The zero-order chi connectivity index (χ0) is 22.5. The van der Waals surface area contributed by atoms with Crippen LogP contribution in [0.25, 0.3) is 11.1 Å². The molecule has 1 aliphatic heterocycles. The molecular weight excluding hydrogens is 404 g/mol. The van der Waals surface area contributed by atoms with Gasteiger partial charge in [-0.3, -0.25) is 9.59 Å². The van der Waals surface area contributed by atoms with Crippen molar-refractivity contribution in [1.29, 1.82) is 0 Å². The highest BCUT2D eigenvalue weighted by Crippen LogP contribution is 2.52. The highest BCUT2D eigenvalue weighted by Gasteiger charge is 2.33. The summed E-state index contributed by atoms with van der Waals surface area (Å²) in [5.41, 5.74) is 1.27. The number of carbonyl (C=O) groups is 2. The summed E-state index contributed by atoms with van der Waals surface area (Å²) in [5.74, 6) is 0.948. The SMILES string of the molecule is CCNC(=O)c1ccc2c(c1-c1c(C(=O)NCC)cc(OC)c(OC)c1OC)OCO2. The van der Waals surface area contributed by atoms with Crippen LogP contribution >= 0.6 is 0 Å². The number of nitrogens with one attached hydrogen (secondary N) is 2. The number of rotatable bonds is 8. The fourth-order valence-corrected chi connectivity index (χ4v) is 3.50. The average Bonchev–Trinajstić information content (AvgIpc) is 3.26. The van der Waals surface area contributed by atoms with Gasteiger partial charge < -0.3 is 34.3 Å². The van der Waals surface area contributed by atoms with Crippen LogP contribution in [0.2, 0.25) is 0 Å². The lowest BCUT2D eigenvalue weighted by atomic mass is 9.91. The van der Waals surface area contributed by atoms with Crippen molar-refractivity contribution in [3.05, 3.63) is 29.3 Å². The van der Waals surface area contributed by atoms with E-state index in [-0.39, 0.29) is 35.7 Å². The molecule has 0 spiro atoms. The monoisotopic (exact) mass is 430 g/mol. The van der Waals surface area contributed by atoms with Crippen LogP contribution in [0.5, 0.6) is 28.7 Å². The molecule has 9 nitrogen and oxygen atoms in total. The minimum Gasteiger partial charge on any atom is -0.493 e. The van der Waals surface area contributed by atoms with E-state index in [1.54, 1.807) is 18.2 Å². The molecule has 0 saturated heterocycles. The Morgan fingerprint density at radius 2 is 1.52 bits per heavy atom. The standard InChI is InChI=1S/C22H26N2O7/c1-6-23-21(25)12-8-9-14-18(31-11-30-14)16(12)17-13(22(26)24-7-2)10-15(27-3)19(28-4)20(17)29-5/h8-10H,6-7,11H2,1-5H3,(H,23,25)(H,24,26). The van der Waals surface area contributed by atoms with Crippen LogP contribution in [0.4, 0.5) is 0 Å². The summed E-state index contributed by atoms with van der Waals surface area (Å²) in [6.07, 6.45) is 0. The fourth-order valence-electron chi connectivity index (χ4n) is 3.50. The third-order valence-corrected chi connectivity index (χ3v) is 4.78. The van der Waals surface area contributed by atoms with Gasteiger partial charge in [0.25, 0.3) is 11.8 Å². The summed E-state index contributed by atoms with van der Waals surface area (Å²) in [5, 5.41) is 5.58. The minimum absolute atomic E-state index is 0.00667. The first-order valence-electron chi connectivity index (χ1n) is 9.84. The minimum atomic E-state index is -0.366. The van der Waals surface area contributed by atoms with Crippen LogP contribution in [0.15, 0.2) is 18.2 Å². The van der Waals surface area contributed by atoms with Gasteiger partial charge in [-0.15, -0.1) is 0 Å². The number of hydrogen-bond acceptors (Lipinski definition) is 7. The van der Waals surface area contributed by atoms with Gasteiger partial charge in [0.15, 0.2) is 23.0 Å². The number of amides is 2. The topological polar surface area (TPSA) is 104 Å². The molecule has 1 aliphatic rings. The number of ether oxygens (including phenoxy) is 5. The third kappa shape index (κ3) is 3.90. The van der Waals surface area contributed by atoms with E-state index < -0.39 is 0 Å². The quantitative estimate of drug-likeness (QED) is 0.663. The van der Waals surface area contributed by atoms with Crippen molar-refractivity contribution in [2.45, 2.75) is 13.8 Å². The Morgan fingerprint density at radius 1 is 0.871 bits per heavy atom. The molecule has 0 unspecified atom stereocenters. The molecule has 166 valence electrons. The van der Waals surface area contributed by atoms with Gasteiger partial charge in [0.05, 0.1) is 32.5 Å². The Hall–Kier alpha value is -3.62. The third-order valence-electron chi connectivity index (χ3n) is 4.78. The molecule has 0 aliphatic carbocycles. The lowest BCUT2D eigenvalue weighted by Gasteiger charge is -2.22. The second-order valence-corrected chi connectivity index (χ2v) is 6.51. The molecule has 0 atom stereocenters. The van der Waals surface area contributed by atoms with E-state index in [9.17, 15) is 9.59 Å². The van der Waals surface area contributed by atoms with Gasteiger partial charge in [0.1, 0.15) is 0 Å². The summed E-state index contributed by atoms with van der Waals surface area (Å²) >= 11 is 0. The van der Waals surface area contributed by atoms with Crippen LogP contribution in [0, 0.1) is 0 Å². The number of carbonyl (C=O) groups excluding carboxylic acids is 2. The molecule has 0 aromatic heterocycles. The number of hydrogen-bond donors (Lipinski definition) is 2. The molecule has 31 heavy (non-hydrogen) atoms. The Kier molecular flexibility index (Phi) is 6.74. The molecule has 9 heteroatoms. The second-order valence-electron chi connectivity index (χ2n) is 6.51. The van der Waals surface area contributed by atoms with E-state index in [1.165, 1.54) is 21.3 Å². The van der Waals surface area contributed by atoms with E-state index in [0.29, 0.717) is 47.0 Å². The van der Waals surface area contributed by atoms with Gasteiger partial charge in [-0.05, 0) is 32.0 Å². The van der Waals surface area contributed by atoms with E-state index in [0.717, 1.165) is 0 Å². The predicted octanol–water partition coefficient (Wildman–Crippen LogP) is 2.61. The lowest BCUT2D eigenvalue weighted by molar-refractivity contribution is 0.0945. The van der Waals surface area contributed by atoms with Crippen molar-refractivity contribution in [3.63, 3.8) is 0 Å². The molecule has 3 rings (SSSR count). The normalized spacial score (nSPS) is 11.6. The van der Waals surface area contributed by atoms with Crippen LogP contribution < -0.4 is 34.3 Å². The predicted molar refractivity (Wildman–Crippen MR) is 114 cm³/mol. The number of benzene rings is 2. The summed E-state index contributed by atoms with van der Waals surface area (Å²) < 4.78 is 27.9. The van der Waals surface area contributed by atoms with Gasteiger partial charge in [0, 0.05) is 24.2 Å². The van der Waals surface area contributed by atoms with Gasteiger partial charge >= 0.3 is 0 Å². The largest absolute Gasteiger partial charge is 0.493 e. The lowest BCUT2D eigenvalue weighted by Crippen LogP contribution is -2.25. The van der Waals surface area contributed by atoms with E-state index >= 15 is 0 Å². The Balaban J connectivity index is 2.45. The Bertz CT molecular complexity index is 1000. The van der Waals surface area contributed by atoms with Crippen LogP contribution in [-0.2, 0) is 0 Å². The van der Waals surface area contributed by atoms with Crippen molar-refractivity contribution >= 4 is 11.8 Å². The summed E-state index contributed by atoms with van der Waals surface area (Å²) in [6.45, 7) is 4.46. The maximum atomic E-state index is 13.0. The van der Waals surface area contributed by atoms with Gasteiger partial charge in [-0.1, -0.05) is 0 Å². The number of methoxy groups -OCH3 is 3. The highest BCUT2D eigenvalue weighted by molar-refractivity contribution is 6.10. The van der Waals surface area contributed by atoms with Gasteiger partial charge in [-0.2, -0.15) is 0 Å². The first kappa shape index (κ1) is 22.1. The molecule has 0 radical (unpaired) electrons. The van der Waals surface area contributed by atoms with Gasteiger partial charge in [0.2, 0.25) is 12.5 Å². The van der Waals surface area contributed by atoms with E-state index in [2.05, 4.69) is 10.6 Å². The van der Waals surface area contributed by atoms with Crippen molar-refractivity contribution in [1.82, 2.24) is 10.6 Å². The van der Waals surface area contributed by atoms with Crippen molar-refractivity contribution in [2.75, 3.05) is 41.2 Å². The fraction of sp³-hybridized carbons (Fsp3) is 0.364. The van der Waals surface area contributed by atoms with Crippen LogP contribution in [-0.4, -0.2) is 53.0 Å². The molecule has 2 aromatic rings. The molecule has 0 fully saturated rings. The first-order valence-corrected chi connectivity index (χ1v) is 9.84. The molecule has 2 N–H and O–H groups in total. The molecule has 2 aromatic carbocycles. The molecule has 1 heterocycles. The summed E-state index contributed by atoms with van der Waals surface area (Å²) in [7, 11) is 4.39. The Morgan fingerprint density at radius 3 is 2.10 bits per heavy atom. The highest BCUT2D eigenvalue weighted by atomic mass is 16.7. The second kappa shape index (κ2) is 9.46. The zero-order valence-electron chi connectivity index (χ0n) is 18.2. The van der Waals surface area contributed by atoms with Crippen LogP contribution in [0.3, 0.4) is 0 Å². The van der Waals surface area contributed by atoms with Crippen molar-refractivity contribution < 1.29 is 33.3 Å². The average molecular weight is 430 g/mol. The van der Waals surface area contributed by atoms with Crippen LogP contribution in [0.1, 0.15) is 34.6 Å². The number of fused-ring (bicyclic) bond motifs is 1. The van der Waals surface area contributed by atoms with E-state index in [4.69, 9.17) is 23.7 Å². The van der Waals surface area contributed by atoms with E-state index in [1.807, 2.05) is 13.8 Å². The summed E-state index contributed by atoms with van der Waals surface area (Å²) in [4.78, 5) is 26.0. The zero-order valence-corrected chi connectivity index (χ0v) is 18.2. The first-order chi connectivity index (χ1) is 15.0.